The fourth-order valence-corrected chi connectivity index (χ4v) is 2.34. The Labute approximate surface area is 113 Å². The van der Waals surface area contributed by atoms with Crippen LogP contribution in [0.1, 0.15) is 44.2 Å². The zero-order valence-corrected chi connectivity index (χ0v) is 11.4. The molecule has 1 fully saturated rings. The van der Waals surface area contributed by atoms with Crippen molar-refractivity contribution in [1.29, 1.82) is 0 Å². The van der Waals surface area contributed by atoms with Crippen LogP contribution >= 0.6 is 0 Å². The predicted octanol–water partition coefficient (Wildman–Crippen LogP) is 3.18. The standard InChI is InChI=1S/C15H22FNO2/c1-11(17)14-7-6-13(10-15(14)16)19-9-3-5-12-4-2-8-18-12/h6-7,10-12H,2-5,8-9,17H2,1H3/t11-,12?/m1/s1. The lowest BCUT2D eigenvalue weighted by Crippen LogP contribution is -2.09. The van der Waals surface area contributed by atoms with Crippen LogP contribution in [0.15, 0.2) is 18.2 Å². The molecular weight excluding hydrogens is 245 g/mol. The molecule has 1 saturated heterocycles. The smallest absolute Gasteiger partial charge is 0.131 e. The molecule has 0 aromatic heterocycles. The third kappa shape index (κ3) is 4.18. The number of ether oxygens (including phenoxy) is 2. The Balaban J connectivity index is 1.74. The van der Waals surface area contributed by atoms with Gasteiger partial charge in [0.2, 0.25) is 0 Å². The Morgan fingerprint density at radius 3 is 3.00 bits per heavy atom. The molecule has 19 heavy (non-hydrogen) atoms. The van der Waals surface area contributed by atoms with E-state index in [2.05, 4.69) is 0 Å². The molecule has 3 nitrogen and oxygen atoms in total. The van der Waals surface area contributed by atoms with Crippen LogP contribution in [0.2, 0.25) is 0 Å². The minimum Gasteiger partial charge on any atom is -0.493 e. The topological polar surface area (TPSA) is 44.5 Å². The summed E-state index contributed by atoms with van der Waals surface area (Å²) in [5.74, 6) is 0.265. The van der Waals surface area contributed by atoms with Crippen LogP contribution in [0.25, 0.3) is 0 Å². The molecule has 1 unspecified atom stereocenters. The quantitative estimate of drug-likeness (QED) is 0.805. The van der Waals surface area contributed by atoms with E-state index in [4.69, 9.17) is 15.2 Å². The summed E-state index contributed by atoms with van der Waals surface area (Å²) in [7, 11) is 0. The first kappa shape index (κ1) is 14.3. The summed E-state index contributed by atoms with van der Waals surface area (Å²) in [6.45, 7) is 3.24. The van der Waals surface area contributed by atoms with Crippen molar-refractivity contribution >= 4 is 0 Å². The fraction of sp³-hybridized carbons (Fsp3) is 0.600. The van der Waals surface area contributed by atoms with Crippen LogP contribution in [-0.4, -0.2) is 19.3 Å². The number of rotatable bonds is 6. The van der Waals surface area contributed by atoms with Gasteiger partial charge >= 0.3 is 0 Å². The molecule has 106 valence electrons. The van der Waals surface area contributed by atoms with Crippen LogP contribution in [0.5, 0.6) is 5.75 Å². The van der Waals surface area contributed by atoms with Crippen LogP contribution in [0, 0.1) is 5.82 Å². The first-order chi connectivity index (χ1) is 9.16. The second-order valence-corrected chi connectivity index (χ2v) is 5.10. The van der Waals surface area contributed by atoms with Gasteiger partial charge in [-0.05, 0) is 38.7 Å². The average molecular weight is 267 g/mol. The van der Waals surface area contributed by atoms with E-state index in [-0.39, 0.29) is 11.9 Å². The monoisotopic (exact) mass is 267 g/mol. The summed E-state index contributed by atoms with van der Waals surface area (Å²) >= 11 is 0. The summed E-state index contributed by atoms with van der Waals surface area (Å²) < 4.78 is 24.8. The fourth-order valence-electron chi connectivity index (χ4n) is 2.34. The summed E-state index contributed by atoms with van der Waals surface area (Å²) in [6, 6.07) is 4.57. The van der Waals surface area contributed by atoms with Gasteiger partial charge in [-0.1, -0.05) is 6.07 Å². The van der Waals surface area contributed by atoms with E-state index < -0.39 is 0 Å². The number of nitrogens with two attached hydrogens (primary N) is 1. The highest BCUT2D eigenvalue weighted by molar-refractivity contribution is 5.30. The van der Waals surface area contributed by atoms with Gasteiger partial charge in [0, 0.05) is 24.3 Å². The van der Waals surface area contributed by atoms with Gasteiger partial charge in [0.05, 0.1) is 12.7 Å². The van der Waals surface area contributed by atoms with E-state index in [9.17, 15) is 4.39 Å². The zero-order chi connectivity index (χ0) is 13.7. The molecule has 0 amide bonds. The van der Waals surface area contributed by atoms with Crippen molar-refractivity contribution in [2.24, 2.45) is 5.73 Å². The lowest BCUT2D eigenvalue weighted by molar-refractivity contribution is 0.0981. The molecule has 0 radical (unpaired) electrons. The Morgan fingerprint density at radius 2 is 2.37 bits per heavy atom. The lowest BCUT2D eigenvalue weighted by atomic mass is 10.1. The second kappa shape index (κ2) is 6.87. The molecule has 1 aromatic carbocycles. The van der Waals surface area contributed by atoms with Crippen LogP contribution < -0.4 is 10.5 Å². The number of benzene rings is 1. The average Bonchev–Trinajstić information content (AvgIpc) is 2.87. The largest absolute Gasteiger partial charge is 0.493 e. The Morgan fingerprint density at radius 1 is 1.53 bits per heavy atom. The van der Waals surface area contributed by atoms with Gasteiger partial charge in [-0.2, -0.15) is 0 Å². The molecule has 1 heterocycles. The van der Waals surface area contributed by atoms with Crippen molar-refractivity contribution in [2.45, 2.75) is 44.8 Å². The van der Waals surface area contributed by atoms with E-state index in [1.54, 1.807) is 19.1 Å². The van der Waals surface area contributed by atoms with Crippen molar-refractivity contribution in [3.8, 4) is 5.75 Å². The lowest BCUT2D eigenvalue weighted by Gasteiger charge is -2.12. The third-order valence-corrected chi connectivity index (χ3v) is 3.43. The van der Waals surface area contributed by atoms with Crippen molar-refractivity contribution in [1.82, 2.24) is 0 Å². The van der Waals surface area contributed by atoms with E-state index in [1.165, 1.54) is 6.07 Å². The molecule has 2 N–H and O–H groups in total. The molecule has 0 saturated carbocycles. The molecule has 2 atom stereocenters. The van der Waals surface area contributed by atoms with Crippen molar-refractivity contribution in [3.63, 3.8) is 0 Å². The second-order valence-electron chi connectivity index (χ2n) is 5.10. The molecular formula is C15H22FNO2. The van der Waals surface area contributed by atoms with Crippen LogP contribution in [-0.2, 0) is 4.74 Å². The first-order valence-electron chi connectivity index (χ1n) is 6.96. The zero-order valence-electron chi connectivity index (χ0n) is 11.4. The van der Waals surface area contributed by atoms with E-state index in [1.807, 2.05) is 0 Å². The molecule has 4 heteroatoms. The van der Waals surface area contributed by atoms with E-state index >= 15 is 0 Å². The molecule has 1 aromatic rings. The van der Waals surface area contributed by atoms with Gasteiger partial charge in [0.1, 0.15) is 11.6 Å². The van der Waals surface area contributed by atoms with Gasteiger partial charge in [-0.25, -0.2) is 4.39 Å². The van der Waals surface area contributed by atoms with Gasteiger partial charge in [-0.3, -0.25) is 0 Å². The van der Waals surface area contributed by atoms with Crippen LogP contribution in [0.4, 0.5) is 4.39 Å². The van der Waals surface area contributed by atoms with Gasteiger partial charge in [-0.15, -0.1) is 0 Å². The number of hydrogen-bond donors (Lipinski definition) is 1. The maximum Gasteiger partial charge on any atom is 0.131 e. The molecule has 0 spiro atoms. The van der Waals surface area contributed by atoms with E-state index in [0.717, 1.165) is 32.3 Å². The van der Waals surface area contributed by atoms with Crippen molar-refractivity contribution in [3.05, 3.63) is 29.6 Å². The third-order valence-electron chi connectivity index (χ3n) is 3.43. The molecule has 1 aliphatic rings. The van der Waals surface area contributed by atoms with Crippen LogP contribution in [0.3, 0.4) is 0 Å². The molecule has 0 aliphatic carbocycles. The molecule has 2 rings (SSSR count). The van der Waals surface area contributed by atoms with Gasteiger partial charge in [0.15, 0.2) is 0 Å². The summed E-state index contributed by atoms with van der Waals surface area (Å²) in [4.78, 5) is 0. The van der Waals surface area contributed by atoms with Gasteiger partial charge < -0.3 is 15.2 Å². The highest BCUT2D eigenvalue weighted by Gasteiger charge is 2.14. The maximum absolute atomic E-state index is 13.7. The molecule has 1 aliphatic heterocycles. The Bertz CT molecular complexity index is 403. The maximum atomic E-state index is 13.7. The first-order valence-corrected chi connectivity index (χ1v) is 6.96. The predicted molar refractivity (Wildman–Crippen MR) is 72.7 cm³/mol. The summed E-state index contributed by atoms with van der Waals surface area (Å²) in [6.07, 6.45) is 4.65. The number of hydrogen-bond acceptors (Lipinski definition) is 3. The summed E-state index contributed by atoms with van der Waals surface area (Å²) in [5, 5.41) is 0. The SMILES string of the molecule is C[C@@H](N)c1ccc(OCCCC2CCCO2)cc1F. The Kier molecular flexibility index (Phi) is 5.16. The highest BCUT2D eigenvalue weighted by atomic mass is 19.1. The van der Waals surface area contributed by atoms with Crippen molar-refractivity contribution in [2.75, 3.05) is 13.2 Å². The molecule has 0 bridgehead atoms. The minimum absolute atomic E-state index is 0.298. The van der Waals surface area contributed by atoms with E-state index in [0.29, 0.717) is 24.0 Å². The minimum atomic E-state index is -0.299. The van der Waals surface area contributed by atoms with Crippen molar-refractivity contribution < 1.29 is 13.9 Å². The normalized spacial score (nSPS) is 20.5. The number of halogens is 1. The Hall–Kier alpha value is -1.13. The highest BCUT2D eigenvalue weighted by Crippen LogP contribution is 2.21. The van der Waals surface area contributed by atoms with Gasteiger partial charge in [0.25, 0.3) is 0 Å². The summed E-state index contributed by atoms with van der Waals surface area (Å²) in [5.41, 5.74) is 6.18.